The summed E-state index contributed by atoms with van der Waals surface area (Å²) in [5, 5.41) is 17.2. The predicted octanol–water partition coefficient (Wildman–Crippen LogP) is 4.15. The summed E-state index contributed by atoms with van der Waals surface area (Å²) in [6.45, 7) is 7.05. The minimum Gasteiger partial charge on any atom is -0.388 e. The Balaban J connectivity index is 1.80. The Labute approximate surface area is 177 Å². The zero-order valence-electron chi connectivity index (χ0n) is 17.2. The second-order valence-electron chi connectivity index (χ2n) is 8.38. The summed E-state index contributed by atoms with van der Waals surface area (Å²) in [6.07, 6.45) is 4.47. The molecule has 0 spiro atoms. The summed E-state index contributed by atoms with van der Waals surface area (Å²) in [5.74, 6) is 1.11. The van der Waals surface area contributed by atoms with Gasteiger partial charge in [-0.15, -0.1) is 0 Å². The highest BCUT2D eigenvalue weighted by atomic mass is 35.5. The highest BCUT2D eigenvalue weighted by molar-refractivity contribution is 6.30. The third-order valence-electron chi connectivity index (χ3n) is 5.20. The molecule has 1 aromatic carbocycles. The molecule has 1 aliphatic carbocycles. The Bertz CT molecular complexity index is 848. The highest BCUT2D eigenvalue weighted by Crippen LogP contribution is 2.39. The summed E-state index contributed by atoms with van der Waals surface area (Å²) in [4.78, 5) is 21.6. The maximum atomic E-state index is 12.6. The van der Waals surface area contributed by atoms with Crippen molar-refractivity contribution in [3.05, 3.63) is 41.2 Å². The standard InChI is InChI=1S/C22H29ClN4O2/c1-14(2)10-11-24-20-19(15-4-8-17(23)9-5-15)27-18(12-25-20)21(28)26-13-22(3,29)16-6-7-16/h4-5,8-9,12,14,16,29H,6-7,10-11,13H2,1-3H3,(H,24,25)(H,26,28)/t22-/m0/s1. The molecule has 1 atom stereocenters. The number of amides is 1. The Morgan fingerprint density at radius 2 is 2.00 bits per heavy atom. The van der Waals surface area contributed by atoms with E-state index >= 15 is 0 Å². The molecule has 1 amide bonds. The van der Waals surface area contributed by atoms with E-state index in [0.29, 0.717) is 22.5 Å². The quantitative estimate of drug-likeness (QED) is 0.571. The SMILES string of the molecule is CC(C)CCNc1ncc(C(=O)NC[C@](C)(O)C2CC2)nc1-c1ccc(Cl)cc1. The molecule has 29 heavy (non-hydrogen) atoms. The van der Waals surface area contributed by atoms with E-state index in [0.717, 1.165) is 31.4 Å². The van der Waals surface area contributed by atoms with Crippen LogP contribution in [-0.4, -0.2) is 39.7 Å². The molecule has 3 N–H and O–H groups in total. The minimum absolute atomic E-state index is 0.197. The van der Waals surface area contributed by atoms with Crippen molar-refractivity contribution in [2.75, 3.05) is 18.4 Å². The maximum absolute atomic E-state index is 12.6. The number of benzene rings is 1. The third-order valence-corrected chi connectivity index (χ3v) is 5.45. The predicted molar refractivity (Wildman–Crippen MR) is 116 cm³/mol. The molecule has 2 aromatic rings. The van der Waals surface area contributed by atoms with Crippen LogP contribution in [0.25, 0.3) is 11.3 Å². The average molecular weight is 417 g/mol. The van der Waals surface area contributed by atoms with Crippen LogP contribution in [0.5, 0.6) is 0 Å². The van der Waals surface area contributed by atoms with Gasteiger partial charge < -0.3 is 15.7 Å². The zero-order chi connectivity index (χ0) is 21.0. The molecule has 0 saturated heterocycles. The van der Waals surface area contributed by atoms with Crippen LogP contribution in [0.2, 0.25) is 5.02 Å². The van der Waals surface area contributed by atoms with Crippen molar-refractivity contribution in [3.63, 3.8) is 0 Å². The number of aliphatic hydroxyl groups is 1. The number of rotatable bonds is 9. The summed E-state index contributed by atoms with van der Waals surface area (Å²) in [5.41, 5.74) is 0.761. The number of nitrogens with zero attached hydrogens (tertiary/aromatic N) is 2. The first-order valence-corrected chi connectivity index (χ1v) is 10.5. The fourth-order valence-corrected chi connectivity index (χ4v) is 3.24. The molecule has 0 aliphatic heterocycles. The normalized spacial score (nSPS) is 15.8. The molecule has 3 rings (SSSR count). The fraction of sp³-hybridized carbons (Fsp3) is 0.500. The van der Waals surface area contributed by atoms with Gasteiger partial charge in [0, 0.05) is 23.7 Å². The molecule has 1 saturated carbocycles. The monoisotopic (exact) mass is 416 g/mol. The van der Waals surface area contributed by atoms with E-state index in [4.69, 9.17) is 11.6 Å². The smallest absolute Gasteiger partial charge is 0.271 e. The summed E-state index contributed by atoms with van der Waals surface area (Å²) in [6, 6.07) is 7.30. The first kappa shape index (κ1) is 21.5. The molecule has 0 bridgehead atoms. The van der Waals surface area contributed by atoms with Crippen molar-refractivity contribution in [3.8, 4) is 11.3 Å². The van der Waals surface area contributed by atoms with E-state index in [-0.39, 0.29) is 24.1 Å². The van der Waals surface area contributed by atoms with E-state index < -0.39 is 5.60 Å². The van der Waals surface area contributed by atoms with Crippen LogP contribution in [0, 0.1) is 11.8 Å². The van der Waals surface area contributed by atoms with E-state index in [1.165, 1.54) is 6.20 Å². The lowest BCUT2D eigenvalue weighted by Gasteiger charge is -2.23. The Hall–Kier alpha value is -2.18. The van der Waals surface area contributed by atoms with Crippen LogP contribution in [-0.2, 0) is 0 Å². The molecule has 0 unspecified atom stereocenters. The van der Waals surface area contributed by atoms with Gasteiger partial charge in [-0.2, -0.15) is 0 Å². The number of anilines is 1. The van der Waals surface area contributed by atoms with Gasteiger partial charge in [0.1, 0.15) is 11.4 Å². The Kier molecular flexibility index (Phi) is 6.75. The Morgan fingerprint density at radius 3 is 2.62 bits per heavy atom. The molecule has 6 nitrogen and oxygen atoms in total. The summed E-state index contributed by atoms with van der Waals surface area (Å²) >= 11 is 6.01. The van der Waals surface area contributed by atoms with E-state index in [1.807, 2.05) is 12.1 Å². The van der Waals surface area contributed by atoms with E-state index in [2.05, 4.69) is 34.4 Å². The first-order valence-electron chi connectivity index (χ1n) is 10.1. The number of hydrogen-bond acceptors (Lipinski definition) is 5. The largest absolute Gasteiger partial charge is 0.388 e. The number of hydrogen-bond donors (Lipinski definition) is 3. The third kappa shape index (κ3) is 5.90. The molecule has 156 valence electrons. The van der Waals surface area contributed by atoms with Crippen molar-refractivity contribution in [2.45, 2.75) is 45.6 Å². The van der Waals surface area contributed by atoms with Gasteiger partial charge in [0.05, 0.1) is 11.8 Å². The van der Waals surface area contributed by atoms with E-state index in [1.54, 1.807) is 19.1 Å². The summed E-state index contributed by atoms with van der Waals surface area (Å²) < 4.78 is 0. The van der Waals surface area contributed by atoms with Crippen LogP contribution in [0.1, 0.15) is 50.5 Å². The van der Waals surface area contributed by atoms with Crippen molar-refractivity contribution in [2.24, 2.45) is 11.8 Å². The molecule has 1 heterocycles. The molecule has 0 radical (unpaired) electrons. The molecule has 1 aromatic heterocycles. The number of carbonyl (C=O) groups is 1. The van der Waals surface area contributed by atoms with Gasteiger partial charge in [0.25, 0.3) is 5.91 Å². The van der Waals surface area contributed by atoms with Crippen molar-refractivity contribution in [1.29, 1.82) is 0 Å². The van der Waals surface area contributed by atoms with Crippen molar-refractivity contribution < 1.29 is 9.90 Å². The molecule has 1 fully saturated rings. The van der Waals surface area contributed by atoms with Gasteiger partial charge in [-0.1, -0.05) is 37.6 Å². The molecular formula is C22H29ClN4O2. The van der Waals surface area contributed by atoms with Crippen LogP contribution in [0.3, 0.4) is 0 Å². The van der Waals surface area contributed by atoms with Crippen LogP contribution in [0.4, 0.5) is 5.82 Å². The number of carbonyl (C=O) groups excluding carboxylic acids is 1. The van der Waals surface area contributed by atoms with Gasteiger partial charge in [0.15, 0.2) is 5.82 Å². The Morgan fingerprint density at radius 1 is 1.31 bits per heavy atom. The van der Waals surface area contributed by atoms with Crippen LogP contribution < -0.4 is 10.6 Å². The minimum atomic E-state index is -0.888. The van der Waals surface area contributed by atoms with Crippen molar-refractivity contribution >= 4 is 23.3 Å². The first-order chi connectivity index (χ1) is 13.8. The fourth-order valence-electron chi connectivity index (χ4n) is 3.12. The zero-order valence-corrected chi connectivity index (χ0v) is 18.0. The number of aromatic nitrogens is 2. The second-order valence-corrected chi connectivity index (χ2v) is 8.82. The lowest BCUT2D eigenvalue weighted by molar-refractivity contribution is 0.0353. The van der Waals surface area contributed by atoms with E-state index in [9.17, 15) is 9.90 Å². The number of nitrogens with one attached hydrogen (secondary N) is 2. The molecule has 1 aliphatic rings. The van der Waals surface area contributed by atoms with Gasteiger partial charge >= 0.3 is 0 Å². The number of halogens is 1. The second kappa shape index (κ2) is 9.09. The van der Waals surface area contributed by atoms with Gasteiger partial charge in [-0.05, 0) is 50.2 Å². The lowest BCUT2D eigenvalue weighted by atomic mass is 10.0. The highest BCUT2D eigenvalue weighted by Gasteiger charge is 2.40. The van der Waals surface area contributed by atoms with Crippen LogP contribution in [0.15, 0.2) is 30.5 Å². The molecule has 7 heteroatoms. The van der Waals surface area contributed by atoms with Gasteiger partial charge in [0.2, 0.25) is 0 Å². The summed E-state index contributed by atoms with van der Waals surface area (Å²) in [7, 11) is 0. The van der Waals surface area contributed by atoms with Crippen LogP contribution >= 0.6 is 11.6 Å². The maximum Gasteiger partial charge on any atom is 0.271 e. The van der Waals surface area contributed by atoms with Gasteiger partial charge in [-0.3, -0.25) is 4.79 Å². The molecular weight excluding hydrogens is 388 g/mol. The average Bonchev–Trinajstić information content (AvgIpc) is 3.53. The van der Waals surface area contributed by atoms with Gasteiger partial charge in [-0.25, -0.2) is 9.97 Å². The van der Waals surface area contributed by atoms with Crippen molar-refractivity contribution in [1.82, 2.24) is 15.3 Å². The lowest BCUT2D eigenvalue weighted by Crippen LogP contribution is -2.42. The topological polar surface area (TPSA) is 87.1 Å².